The molecule has 7 nitrogen and oxygen atoms in total. The van der Waals surface area contributed by atoms with E-state index < -0.39 is 0 Å². The summed E-state index contributed by atoms with van der Waals surface area (Å²) in [5.74, 6) is 0.451. The van der Waals surface area contributed by atoms with Gasteiger partial charge in [0.15, 0.2) is 12.4 Å². The number of carbonyl (C=O) groups excluding carboxylic acids is 1. The highest BCUT2D eigenvalue weighted by Crippen LogP contribution is 2.17. The largest absolute Gasteiger partial charge is 0.471 e. The van der Waals surface area contributed by atoms with Crippen molar-refractivity contribution in [2.45, 2.75) is 13.3 Å². The molecule has 2 aromatic carbocycles. The molecular formula is C21H18BrN5O2. The van der Waals surface area contributed by atoms with Crippen LogP contribution in [0.1, 0.15) is 16.1 Å². The number of nitrogens with zero attached hydrogens (tertiary/aromatic N) is 4. The van der Waals surface area contributed by atoms with E-state index in [2.05, 4.69) is 31.4 Å². The third-order valence-corrected chi connectivity index (χ3v) is 4.67. The number of amides is 1. The SMILES string of the molecule is O=C(Nc1cccc(Cn2cccn2)c1)c1ccn(COc2ccc(Br)cc2)n1. The fourth-order valence-corrected chi connectivity index (χ4v) is 3.01. The smallest absolute Gasteiger partial charge is 0.276 e. The molecule has 0 radical (unpaired) electrons. The predicted octanol–water partition coefficient (Wildman–Crippen LogP) is 4.18. The third kappa shape index (κ3) is 5.11. The average molecular weight is 452 g/mol. The average Bonchev–Trinajstić information content (AvgIpc) is 3.40. The maximum Gasteiger partial charge on any atom is 0.276 e. The van der Waals surface area contributed by atoms with Crippen LogP contribution in [0.3, 0.4) is 0 Å². The molecule has 0 aliphatic rings. The van der Waals surface area contributed by atoms with Gasteiger partial charge in [-0.1, -0.05) is 28.1 Å². The lowest BCUT2D eigenvalue weighted by atomic mass is 10.2. The van der Waals surface area contributed by atoms with E-state index in [1.807, 2.05) is 65.5 Å². The predicted molar refractivity (Wildman–Crippen MR) is 113 cm³/mol. The Labute approximate surface area is 176 Å². The molecule has 0 aliphatic heterocycles. The molecule has 1 amide bonds. The molecule has 2 aromatic heterocycles. The third-order valence-electron chi connectivity index (χ3n) is 4.14. The number of carbonyl (C=O) groups is 1. The Bertz CT molecular complexity index is 1090. The van der Waals surface area contributed by atoms with E-state index in [4.69, 9.17) is 4.74 Å². The van der Waals surface area contributed by atoms with E-state index in [0.717, 1.165) is 15.8 Å². The first-order valence-electron chi connectivity index (χ1n) is 8.95. The molecule has 0 aliphatic carbocycles. The second kappa shape index (κ2) is 8.74. The Morgan fingerprint density at radius 3 is 2.69 bits per heavy atom. The van der Waals surface area contributed by atoms with Gasteiger partial charge in [-0.2, -0.15) is 10.2 Å². The highest BCUT2D eigenvalue weighted by molar-refractivity contribution is 9.10. The van der Waals surface area contributed by atoms with Crippen LogP contribution in [-0.4, -0.2) is 25.5 Å². The Morgan fingerprint density at radius 2 is 1.90 bits per heavy atom. The molecule has 0 saturated carbocycles. The Hall–Kier alpha value is -3.39. The first-order chi connectivity index (χ1) is 14.2. The van der Waals surface area contributed by atoms with Crippen LogP contribution in [0.5, 0.6) is 5.75 Å². The summed E-state index contributed by atoms with van der Waals surface area (Å²) in [6.07, 6.45) is 5.35. The van der Waals surface area contributed by atoms with E-state index >= 15 is 0 Å². The fourth-order valence-electron chi connectivity index (χ4n) is 2.75. The van der Waals surface area contributed by atoms with Crippen molar-refractivity contribution in [3.8, 4) is 5.75 Å². The van der Waals surface area contributed by atoms with Gasteiger partial charge in [-0.25, -0.2) is 4.68 Å². The number of nitrogens with one attached hydrogen (secondary N) is 1. The summed E-state index contributed by atoms with van der Waals surface area (Å²) in [5.41, 5.74) is 2.07. The topological polar surface area (TPSA) is 74.0 Å². The normalized spacial score (nSPS) is 10.7. The van der Waals surface area contributed by atoms with Crippen molar-refractivity contribution in [3.63, 3.8) is 0 Å². The van der Waals surface area contributed by atoms with E-state index in [1.54, 1.807) is 23.1 Å². The van der Waals surface area contributed by atoms with Gasteiger partial charge in [0.2, 0.25) is 0 Å². The van der Waals surface area contributed by atoms with Gasteiger partial charge in [0, 0.05) is 28.8 Å². The van der Waals surface area contributed by atoms with Crippen LogP contribution in [0.25, 0.3) is 0 Å². The number of rotatable bonds is 7. The van der Waals surface area contributed by atoms with Crippen molar-refractivity contribution in [2.75, 3.05) is 5.32 Å². The molecule has 0 spiro atoms. The van der Waals surface area contributed by atoms with Crippen molar-refractivity contribution in [3.05, 3.63) is 95.0 Å². The second-order valence-corrected chi connectivity index (χ2v) is 7.24. The summed E-state index contributed by atoms with van der Waals surface area (Å²) in [6.45, 7) is 0.854. The molecule has 1 N–H and O–H groups in total. The van der Waals surface area contributed by atoms with Crippen molar-refractivity contribution in [1.29, 1.82) is 0 Å². The molecule has 8 heteroatoms. The Balaban J connectivity index is 1.36. The minimum atomic E-state index is -0.274. The molecule has 4 aromatic rings. The van der Waals surface area contributed by atoms with Gasteiger partial charge >= 0.3 is 0 Å². The summed E-state index contributed by atoms with van der Waals surface area (Å²) in [5, 5.41) is 11.4. The molecule has 0 unspecified atom stereocenters. The zero-order valence-corrected chi connectivity index (χ0v) is 17.0. The molecular weight excluding hydrogens is 434 g/mol. The summed E-state index contributed by atoms with van der Waals surface area (Å²) in [6, 6.07) is 18.7. The van der Waals surface area contributed by atoms with Gasteiger partial charge in [-0.3, -0.25) is 9.48 Å². The quantitative estimate of drug-likeness (QED) is 0.457. The first-order valence-corrected chi connectivity index (χ1v) is 9.74. The highest BCUT2D eigenvalue weighted by Gasteiger charge is 2.10. The minimum absolute atomic E-state index is 0.217. The maximum absolute atomic E-state index is 12.5. The number of benzene rings is 2. The lowest BCUT2D eigenvalue weighted by Crippen LogP contribution is -2.14. The molecule has 4 rings (SSSR count). The molecule has 29 heavy (non-hydrogen) atoms. The maximum atomic E-state index is 12.5. The van der Waals surface area contributed by atoms with Crippen molar-refractivity contribution in [1.82, 2.24) is 19.6 Å². The van der Waals surface area contributed by atoms with Crippen LogP contribution in [0.2, 0.25) is 0 Å². The number of hydrogen-bond donors (Lipinski definition) is 1. The van der Waals surface area contributed by atoms with Gasteiger partial charge in [0.1, 0.15) is 5.75 Å². The fraction of sp³-hybridized carbons (Fsp3) is 0.0952. The molecule has 0 saturated heterocycles. The van der Waals surface area contributed by atoms with Crippen LogP contribution in [-0.2, 0) is 13.3 Å². The summed E-state index contributed by atoms with van der Waals surface area (Å²) < 4.78 is 10.0. The molecule has 146 valence electrons. The monoisotopic (exact) mass is 451 g/mol. The van der Waals surface area contributed by atoms with Gasteiger partial charge in [0.25, 0.3) is 5.91 Å². The Morgan fingerprint density at radius 1 is 1.03 bits per heavy atom. The number of anilines is 1. The van der Waals surface area contributed by atoms with Gasteiger partial charge in [-0.05, 0) is 54.1 Å². The van der Waals surface area contributed by atoms with E-state index in [0.29, 0.717) is 17.9 Å². The highest BCUT2D eigenvalue weighted by atomic mass is 79.9. The van der Waals surface area contributed by atoms with Gasteiger partial charge in [-0.15, -0.1) is 0 Å². The zero-order chi connectivity index (χ0) is 20.1. The van der Waals surface area contributed by atoms with Crippen LogP contribution in [0.4, 0.5) is 5.69 Å². The van der Waals surface area contributed by atoms with Crippen molar-refractivity contribution in [2.24, 2.45) is 0 Å². The van der Waals surface area contributed by atoms with Crippen LogP contribution in [0.15, 0.2) is 83.7 Å². The van der Waals surface area contributed by atoms with Crippen LogP contribution < -0.4 is 10.1 Å². The lowest BCUT2D eigenvalue weighted by Gasteiger charge is -2.07. The van der Waals surface area contributed by atoms with E-state index in [9.17, 15) is 4.79 Å². The number of halogens is 1. The van der Waals surface area contributed by atoms with Crippen molar-refractivity contribution >= 4 is 27.5 Å². The first kappa shape index (κ1) is 18.9. The van der Waals surface area contributed by atoms with E-state index in [-0.39, 0.29) is 12.6 Å². The van der Waals surface area contributed by atoms with E-state index in [1.165, 1.54) is 0 Å². The summed E-state index contributed by atoms with van der Waals surface area (Å²) in [7, 11) is 0. The molecule has 0 bridgehead atoms. The van der Waals surface area contributed by atoms with Gasteiger partial charge < -0.3 is 10.1 Å². The number of hydrogen-bond acceptors (Lipinski definition) is 4. The van der Waals surface area contributed by atoms with Crippen LogP contribution >= 0.6 is 15.9 Å². The standard InChI is InChI=1S/C21H18BrN5O2/c22-17-5-7-19(8-6-17)29-15-27-12-9-20(25-27)21(28)24-18-4-1-3-16(13-18)14-26-11-2-10-23-26/h1-13H,14-15H2,(H,24,28). The van der Waals surface area contributed by atoms with Crippen molar-refractivity contribution < 1.29 is 9.53 Å². The summed E-state index contributed by atoms with van der Waals surface area (Å²) in [4.78, 5) is 12.5. The number of aromatic nitrogens is 4. The molecule has 2 heterocycles. The van der Waals surface area contributed by atoms with Gasteiger partial charge in [0.05, 0.1) is 6.54 Å². The minimum Gasteiger partial charge on any atom is -0.471 e. The summed E-state index contributed by atoms with van der Waals surface area (Å²) >= 11 is 3.38. The zero-order valence-electron chi connectivity index (χ0n) is 15.4. The second-order valence-electron chi connectivity index (χ2n) is 6.33. The van der Waals surface area contributed by atoms with Crippen LogP contribution in [0, 0.1) is 0 Å². The number of ether oxygens (including phenoxy) is 1. The Kier molecular flexibility index (Phi) is 5.71. The molecule has 0 atom stereocenters. The lowest BCUT2D eigenvalue weighted by molar-refractivity contribution is 0.102. The molecule has 0 fully saturated rings.